The Kier molecular flexibility index (Phi) is 4.88. The van der Waals surface area contributed by atoms with E-state index in [9.17, 15) is 4.79 Å². The summed E-state index contributed by atoms with van der Waals surface area (Å²) in [6, 6.07) is 6.66. The molecular formula is C16H24N2O2. The number of aliphatic carboxylic acids is 1. The zero-order valence-electron chi connectivity index (χ0n) is 12.4. The van der Waals surface area contributed by atoms with Gasteiger partial charge in [0.15, 0.2) is 0 Å². The first-order valence-corrected chi connectivity index (χ1v) is 7.40. The van der Waals surface area contributed by atoms with Gasteiger partial charge in [-0.3, -0.25) is 4.79 Å². The van der Waals surface area contributed by atoms with Crippen molar-refractivity contribution in [3.8, 4) is 0 Å². The van der Waals surface area contributed by atoms with Crippen molar-refractivity contribution in [1.82, 2.24) is 0 Å². The predicted molar refractivity (Wildman–Crippen MR) is 82.6 cm³/mol. The van der Waals surface area contributed by atoms with Gasteiger partial charge in [-0.15, -0.1) is 0 Å². The van der Waals surface area contributed by atoms with Crippen molar-refractivity contribution >= 4 is 17.3 Å². The molecule has 1 aromatic rings. The number of carboxylic acid groups (broad SMARTS) is 1. The van der Waals surface area contributed by atoms with Gasteiger partial charge in [0.05, 0.1) is 0 Å². The molecule has 0 bridgehead atoms. The van der Waals surface area contributed by atoms with E-state index in [4.69, 9.17) is 5.11 Å². The van der Waals surface area contributed by atoms with Gasteiger partial charge in [-0.25, -0.2) is 0 Å². The van der Waals surface area contributed by atoms with Crippen molar-refractivity contribution in [3.05, 3.63) is 23.8 Å². The zero-order chi connectivity index (χ0) is 14.5. The zero-order valence-corrected chi connectivity index (χ0v) is 12.4. The first kappa shape index (κ1) is 14.7. The van der Waals surface area contributed by atoms with Crippen molar-refractivity contribution in [2.45, 2.75) is 45.6 Å². The maximum absolute atomic E-state index is 10.6. The van der Waals surface area contributed by atoms with Crippen LogP contribution in [0.2, 0.25) is 0 Å². The summed E-state index contributed by atoms with van der Waals surface area (Å²) in [4.78, 5) is 13.0. The monoisotopic (exact) mass is 276 g/mol. The Bertz CT molecular complexity index is 468. The molecule has 1 atom stereocenters. The minimum Gasteiger partial charge on any atom is -0.481 e. The minimum atomic E-state index is -0.736. The molecule has 4 nitrogen and oxygen atoms in total. The molecule has 1 unspecified atom stereocenters. The molecule has 110 valence electrons. The van der Waals surface area contributed by atoms with Crippen molar-refractivity contribution in [2.24, 2.45) is 0 Å². The molecule has 1 aromatic carbocycles. The highest BCUT2D eigenvalue weighted by molar-refractivity contribution is 5.67. The SMILES string of the molecule is Cc1cc(N2CCCC2)ccc1NC(C)CCC(=O)O. The van der Waals surface area contributed by atoms with Crippen LogP contribution in [0.25, 0.3) is 0 Å². The lowest BCUT2D eigenvalue weighted by Crippen LogP contribution is -2.19. The summed E-state index contributed by atoms with van der Waals surface area (Å²) in [5.41, 5.74) is 3.62. The highest BCUT2D eigenvalue weighted by Gasteiger charge is 2.13. The lowest BCUT2D eigenvalue weighted by molar-refractivity contribution is -0.137. The summed E-state index contributed by atoms with van der Waals surface area (Å²) in [7, 11) is 0. The van der Waals surface area contributed by atoms with E-state index in [0.29, 0.717) is 6.42 Å². The fraction of sp³-hybridized carbons (Fsp3) is 0.562. The number of nitrogens with zero attached hydrogens (tertiary/aromatic N) is 1. The van der Waals surface area contributed by atoms with Gasteiger partial charge >= 0.3 is 5.97 Å². The molecule has 0 spiro atoms. The Morgan fingerprint density at radius 3 is 2.70 bits per heavy atom. The lowest BCUT2D eigenvalue weighted by atomic mass is 10.1. The van der Waals surface area contributed by atoms with E-state index in [1.165, 1.54) is 24.1 Å². The van der Waals surface area contributed by atoms with E-state index >= 15 is 0 Å². The number of carboxylic acids is 1. The molecule has 0 radical (unpaired) electrons. The van der Waals surface area contributed by atoms with Crippen LogP contribution in [0.1, 0.15) is 38.2 Å². The number of anilines is 2. The molecular weight excluding hydrogens is 252 g/mol. The van der Waals surface area contributed by atoms with E-state index in [1.54, 1.807) is 0 Å². The van der Waals surface area contributed by atoms with Gasteiger partial charge in [-0.05, 0) is 56.9 Å². The van der Waals surface area contributed by atoms with Gasteiger partial charge in [0, 0.05) is 36.9 Å². The van der Waals surface area contributed by atoms with E-state index < -0.39 is 5.97 Å². The first-order valence-electron chi connectivity index (χ1n) is 7.40. The molecule has 1 heterocycles. The quantitative estimate of drug-likeness (QED) is 0.837. The number of hydrogen-bond donors (Lipinski definition) is 2. The van der Waals surface area contributed by atoms with Gasteiger partial charge in [-0.1, -0.05) is 0 Å². The molecule has 0 saturated carbocycles. The summed E-state index contributed by atoms with van der Waals surface area (Å²) >= 11 is 0. The second-order valence-electron chi connectivity index (χ2n) is 5.67. The summed E-state index contributed by atoms with van der Waals surface area (Å²) in [6.07, 6.45) is 3.41. The Morgan fingerprint density at radius 1 is 1.40 bits per heavy atom. The van der Waals surface area contributed by atoms with Crippen LogP contribution in [-0.4, -0.2) is 30.2 Å². The third kappa shape index (κ3) is 3.89. The number of benzene rings is 1. The molecule has 1 fully saturated rings. The average molecular weight is 276 g/mol. The van der Waals surface area contributed by atoms with Crippen LogP contribution >= 0.6 is 0 Å². The second kappa shape index (κ2) is 6.64. The van der Waals surface area contributed by atoms with Crippen molar-refractivity contribution < 1.29 is 9.90 Å². The Hall–Kier alpha value is -1.71. The molecule has 1 aliphatic rings. The first-order chi connectivity index (χ1) is 9.56. The molecule has 2 N–H and O–H groups in total. The van der Waals surface area contributed by atoms with Crippen LogP contribution in [0.5, 0.6) is 0 Å². The van der Waals surface area contributed by atoms with E-state index in [0.717, 1.165) is 18.8 Å². The number of carbonyl (C=O) groups is 1. The van der Waals surface area contributed by atoms with Gasteiger partial charge < -0.3 is 15.3 Å². The molecule has 20 heavy (non-hydrogen) atoms. The van der Waals surface area contributed by atoms with Crippen LogP contribution in [-0.2, 0) is 4.79 Å². The van der Waals surface area contributed by atoms with Gasteiger partial charge in [0.2, 0.25) is 0 Å². The van der Waals surface area contributed by atoms with Crippen molar-refractivity contribution in [3.63, 3.8) is 0 Å². The van der Waals surface area contributed by atoms with E-state index in [1.807, 2.05) is 6.92 Å². The maximum Gasteiger partial charge on any atom is 0.303 e. The number of nitrogens with one attached hydrogen (secondary N) is 1. The standard InChI is InChI=1S/C16H24N2O2/c1-12-11-14(18-9-3-4-10-18)6-7-15(12)17-13(2)5-8-16(19)20/h6-7,11,13,17H,3-5,8-10H2,1-2H3,(H,19,20). The van der Waals surface area contributed by atoms with E-state index in [-0.39, 0.29) is 12.5 Å². The van der Waals surface area contributed by atoms with Crippen LogP contribution in [0.4, 0.5) is 11.4 Å². The van der Waals surface area contributed by atoms with Crippen molar-refractivity contribution in [1.29, 1.82) is 0 Å². The van der Waals surface area contributed by atoms with Gasteiger partial charge in [0.25, 0.3) is 0 Å². The Morgan fingerprint density at radius 2 is 2.10 bits per heavy atom. The lowest BCUT2D eigenvalue weighted by Gasteiger charge is -2.21. The topological polar surface area (TPSA) is 52.6 Å². The molecule has 1 saturated heterocycles. The second-order valence-corrected chi connectivity index (χ2v) is 5.67. The number of hydrogen-bond acceptors (Lipinski definition) is 3. The van der Waals surface area contributed by atoms with Crippen molar-refractivity contribution in [2.75, 3.05) is 23.3 Å². The van der Waals surface area contributed by atoms with Crippen LogP contribution < -0.4 is 10.2 Å². The largest absolute Gasteiger partial charge is 0.481 e. The Labute approximate surface area is 120 Å². The third-order valence-corrected chi connectivity index (χ3v) is 3.87. The van der Waals surface area contributed by atoms with Gasteiger partial charge in [0.1, 0.15) is 0 Å². The normalized spacial score (nSPS) is 16.2. The number of rotatable bonds is 6. The van der Waals surface area contributed by atoms with Crippen LogP contribution in [0.15, 0.2) is 18.2 Å². The average Bonchev–Trinajstić information content (AvgIpc) is 2.92. The molecule has 2 rings (SSSR count). The highest BCUT2D eigenvalue weighted by Crippen LogP contribution is 2.26. The van der Waals surface area contributed by atoms with Crippen LogP contribution in [0, 0.1) is 6.92 Å². The summed E-state index contributed by atoms with van der Waals surface area (Å²) < 4.78 is 0. The molecule has 1 aliphatic heterocycles. The summed E-state index contributed by atoms with van der Waals surface area (Å²) in [5.74, 6) is -0.736. The molecule has 0 amide bonds. The molecule has 0 aliphatic carbocycles. The minimum absolute atomic E-state index is 0.169. The van der Waals surface area contributed by atoms with E-state index in [2.05, 4.69) is 35.3 Å². The maximum atomic E-state index is 10.6. The predicted octanol–water partition coefficient (Wildman–Crippen LogP) is 3.26. The highest BCUT2D eigenvalue weighted by atomic mass is 16.4. The fourth-order valence-corrected chi connectivity index (χ4v) is 2.66. The summed E-state index contributed by atoms with van der Waals surface area (Å²) in [5, 5.41) is 12.1. The third-order valence-electron chi connectivity index (χ3n) is 3.87. The number of aryl methyl sites for hydroxylation is 1. The fourth-order valence-electron chi connectivity index (χ4n) is 2.66. The smallest absolute Gasteiger partial charge is 0.303 e. The Balaban J connectivity index is 1.96. The summed E-state index contributed by atoms with van der Waals surface area (Å²) in [6.45, 7) is 6.44. The molecule has 4 heteroatoms. The molecule has 0 aromatic heterocycles. The van der Waals surface area contributed by atoms with Crippen LogP contribution in [0.3, 0.4) is 0 Å². The van der Waals surface area contributed by atoms with Gasteiger partial charge in [-0.2, -0.15) is 0 Å².